The third-order valence-electron chi connectivity index (χ3n) is 6.47. The van der Waals surface area contributed by atoms with Gasteiger partial charge in [0, 0.05) is 23.8 Å². The number of rotatable bonds is 5. The Morgan fingerprint density at radius 2 is 1.73 bits per heavy atom. The number of benzene rings is 1. The first-order valence-corrected chi connectivity index (χ1v) is 11.8. The number of thioether (sulfide) groups is 1. The van der Waals surface area contributed by atoms with E-state index in [4.69, 9.17) is 0 Å². The van der Waals surface area contributed by atoms with Gasteiger partial charge in [0.05, 0.1) is 5.69 Å². The number of urea groups is 1. The van der Waals surface area contributed by atoms with E-state index in [1.54, 1.807) is 20.0 Å². The van der Waals surface area contributed by atoms with Gasteiger partial charge in [0.2, 0.25) is 0 Å². The molecule has 2 aliphatic rings. The third-order valence-corrected chi connectivity index (χ3v) is 7.21. The number of amides is 3. The summed E-state index contributed by atoms with van der Waals surface area (Å²) in [5, 5.41) is 0. The molecule has 0 radical (unpaired) electrons. The summed E-state index contributed by atoms with van der Waals surface area (Å²) in [6, 6.07) is 6.73. The molecule has 1 aliphatic heterocycles. The van der Waals surface area contributed by atoms with Gasteiger partial charge in [0.1, 0.15) is 5.54 Å². The summed E-state index contributed by atoms with van der Waals surface area (Å²) in [5.41, 5.74) is -3.14. The van der Waals surface area contributed by atoms with E-state index in [9.17, 15) is 22.8 Å². The molecule has 33 heavy (non-hydrogen) atoms. The first-order valence-electron chi connectivity index (χ1n) is 11.0. The fourth-order valence-electron chi connectivity index (χ4n) is 4.66. The fourth-order valence-corrected chi connectivity index (χ4v) is 5.20. The quantitative estimate of drug-likeness (QED) is 0.365. The van der Waals surface area contributed by atoms with Crippen molar-refractivity contribution in [2.75, 3.05) is 4.90 Å². The minimum Gasteiger partial charge on any atom is -0.305 e. The van der Waals surface area contributed by atoms with Crippen molar-refractivity contribution in [2.24, 2.45) is 0 Å². The zero-order chi connectivity index (χ0) is 23.8. The molecule has 0 atom stereocenters. The molecule has 2 fully saturated rings. The first-order chi connectivity index (χ1) is 15.6. The summed E-state index contributed by atoms with van der Waals surface area (Å²) in [6.07, 6.45) is 9.31. The van der Waals surface area contributed by atoms with Crippen LogP contribution in [0.1, 0.15) is 63.0 Å². The monoisotopic (exact) mass is 477 g/mol. The summed E-state index contributed by atoms with van der Waals surface area (Å²) in [4.78, 5) is 33.5. The van der Waals surface area contributed by atoms with Crippen molar-refractivity contribution in [2.45, 2.75) is 74.4 Å². The second-order valence-electron chi connectivity index (χ2n) is 9.02. The Hall–Kier alpha value is -2.55. The van der Waals surface area contributed by atoms with E-state index in [0.29, 0.717) is 5.92 Å². The normalized spacial score (nSPS) is 19.4. The molecule has 1 aromatic heterocycles. The zero-order valence-corrected chi connectivity index (χ0v) is 19.4. The molecule has 176 valence electrons. The number of alkyl halides is 3. The number of anilines is 1. The summed E-state index contributed by atoms with van der Waals surface area (Å²) in [5.74, 6) is -0.00857. The predicted molar refractivity (Wildman–Crippen MR) is 121 cm³/mol. The molecule has 1 aromatic carbocycles. The average Bonchev–Trinajstić information content (AvgIpc) is 2.94. The smallest absolute Gasteiger partial charge is 0.305 e. The maximum atomic E-state index is 13.4. The van der Waals surface area contributed by atoms with Crippen LogP contribution >= 0.6 is 11.8 Å². The van der Waals surface area contributed by atoms with Crippen molar-refractivity contribution >= 4 is 29.4 Å². The maximum Gasteiger partial charge on any atom is 0.446 e. The number of pyridine rings is 1. The van der Waals surface area contributed by atoms with Crippen LogP contribution in [0.5, 0.6) is 0 Å². The number of aromatic nitrogens is 1. The van der Waals surface area contributed by atoms with Gasteiger partial charge in [0.25, 0.3) is 5.91 Å². The topological polar surface area (TPSA) is 53.5 Å². The molecule has 1 aliphatic carbocycles. The molecule has 0 unspecified atom stereocenters. The van der Waals surface area contributed by atoms with Gasteiger partial charge in [-0.1, -0.05) is 19.3 Å². The van der Waals surface area contributed by atoms with Crippen LogP contribution in [-0.2, 0) is 11.3 Å². The fraction of sp³-hybridized carbons (Fsp3) is 0.458. The molecule has 3 amide bonds. The van der Waals surface area contributed by atoms with Gasteiger partial charge < -0.3 is 4.90 Å². The van der Waals surface area contributed by atoms with Crippen molar-refractivity contribution in [3.8, 4) is 0 Å². The summed E-state index contributed by atoms with van der Waals surface area (Å²) < 4.78 is 37.9. The van der Waals surface area contributed by atoms with Gasteiger partial charge in [-0.25, -0.2) is 9.69 Å². The number of hydrogen-bond acceptors (Lipinski definition) is 4. The molecule has 0 spiro atoms. The standard InChI is InChI=1S/C24H26F3N3O2S/c1-23(2)21(31)30(18-8-10-19(11-9-18)33-24(25,26)27)22(32)29(23)15-17-12-13-28-14-20(17)16-6-4-3-5-7-16/h8-14,16H,3-7,15H2,1-2H3. The Labute approximate surface area is 195 Å². The Morgan fingerprint density at radius 3 is 2.36 bits per heavy atom. The van der Waals surface area contributed by atoms with Gasteiger partial charge in [-0.15, -0.1) is 0 Å². The Kier molecular flexibility index (Phi) is 6.44. The molecule has 4 rings (SSSR count). The number of imide groups is 1. The van der Waals surface area contributed by atoms with Crippen LogP contribution in [0.4, 0.5) is 23.7 Å². The Balaban J connectivity index is 1.59. The van der Waals surface area contributed by atoms with Crippen molar-refractivity contribution in [1.82, 2.24) is 9.88 Å². The summed E-state index contributed by atoms with van der Waals surface area (Å²) >= 11 is -0.234. The maximum absolute atomic E-state index is 13.4. The SMILES string of the molecule is CC1(C)C(=O)N(c2ccc(SC(F)(F)F)cc2)C(=O)N1Cc1ccncc1C1CCCCC1. The number of halogens is 3. The number of nitrogens with zero attached hydrogens (tertiary/aromatic N) is 3. The van der Waals surface area contributed by atoms with Crippen LogP contribution in [0.25, 0.3) is 0 Å². The second-order valence-corrected chi connectivity index (χ2v) is 10.2. The van der Waals surface area contributed by atoms with E-state index < -0.39 is 23.0 Å². The van der Waals surface area contributed by atoms with E-state index >= 15 is 0 Å². The van der Waals surface area contributed by atoms with E-state index in [1.165, 1.54) is 48.4 Å². The molecule has 2 aromatic rings. The van der Waals surface area contributed by atoms with Crippen molar-refractivity contribution in [3.05, 3.63) is 53.9 Å². The van der Waals surface area contributed by atoms with Crippen LogP contribution in [-0.4, -0.2) is 32.9 Å². The summed E-state index contributed by atoms with van der Waals surface area (Å²) in [7, 11) is 0. The van der Waals surface area contributed by atoms with Crippen molar-refractivity contribution in [1.29, 1.82) is 0 Å². The molecule has 5 nitrogen and oxygen atoms in total. The number of carbonyl (C=O) groups excluding carboxylic acids is 2. The van der Waals surface area contributed by atoms with Gasteiger partial charge in [-0.2, -0.15) is 13.2 Å². The first kappa shape index (κ1) is 23.6. The molecule has 9 heteroatoms. The molecule has 0 bridgehead atoms. The van der Waals surface area contributed by atoms with E-state index in [0.717, 1.165) is 28.9 Å². The van der Waals surface area contributed by atoms with Gasteiger partial charge in [-0.3, -0.25) is 9.78 Å². The molecule has 1 saturated heterocycles. The number of hydrogen-bond donors (Lipinski definition) is 0. The average molecular weight is 478 g/mol. The Bertz CT molecular complexity index is 1030. The summed E-state index contributed by atoms with van der Waals surface area (Å²) in [6.45, 7) is 3.66. The molecule has 0 N–H and O–H groups in total. The highest BCUT2D eigenvalue weighted by Crippen LogP contribution is 2.40. The largest absolute Gasteiger partial charge is 0.446 e. The third kappa shape index (κ3) is 4.88. The van der Waals surface area contributed by atoms with Crippen LogP contribution in [0, 0.1) is 0 Å². The van der Waals surface area contributed by atoms with Gasteiger partial charge in [-0.05, 0) is 85.8 Å². The van der Waals surface area contributed by atoms with Gasteiger partial charge in [0.15, 0.2) is 0 Å². The molecule has 2 heterocycles. The lowest BCUT2D eigenvalue weighted by molar-refractivity contribution is -0.123. The highest BCUT2D eigenvalue weighted by Gasteiger charge is 2.52. The molecule has 1 saturated carbocycles. The zero-order valence-electron chi connectivity index (χ0n) is 18.6. The molecular formula is C24H26F3N3O2S. The lowest BCUT2D eigenvalue weighted by Crippen LogP contribution is -2.43. The predicted octanol–water partition coefficient (Wildman–Crippen LogP) is 6.49. The van der Waals surface area contributed by atoms with Crippen molar-refractivity contribution in [3.63, 3.8) is 0 Å². The van der Waals surface area contributed by atoms with Crippen LogP contribution < -0.4 is 4.90 Å². The number of carbonyl (C=O) groups is 2. The highest BCUT2D eigenvalue weighted by molar-refractivity contribution is 8.00. The lowest BCUT2D eigenvalue weighted by Gasteiger charge is -2.30. The minimum atomic E-state index is -4.40. The van der Waals surface area contributed by atoms with E-state index in [-0.39, 0.29) is 28.9 Å². The van der Waals surface area contributed by atoms with Crippen molar-refractivity contribution < 1.29 is 22.8 Å². The van der Waals surface area contributed by atoms with Crippen LogP contribution in [0.2, 0.25) is 0 Å². The van der Waals surface area contributed by atoms with Crippen LogP contribution in [0.3, 0.4) is 0 Å². The molecular weight excluding hydrogens is 451 g/mol. The highest BCUT2D eigenvalue weighted by atomic mass is 32.2. The Morgan fingerprint density at radius 1 is 1.06 bits per heavy atom. The second kappa shape index (κ2) is 9.00. The van der Waals surface area contributed by atoms with Crippen LogP contribution in [0.15, 0.2) is 47.6 Å². The lowest BCUT2D eigenvalue weighted by atomic mass is 9.82. The van der Waals surface area contributed by atoms with Gasteiger partial charge >= 0.3 is 11.5 Å². The van der Waals surface area contributed by atoms with E-state index in [1.807, 2.05) is 12.3 Å². The minimum absolute atomic E-state index is 0.00429. The van der Waals surface area contributed by atoms with E-state index in [2.05, 4.69) is 4.98 Å².